The second-order valence-corrected chi connectivity index (χ2v) is 12.9. The molecule has 1 aromatic carbocycles. The number of rotatable bonds is 11. The van der Waals surface area contributed by atoms with E-state index in [1.54, 1.807) is 6.92 Å². The minimum absolute atomic E-state index is 0.0726. The van der Waals surface area contributed by atoms with Crippen molar-refractivity contribution in [2.24, 2.45) is 0 Å². The van der Waals surface area contributed by atoms with E-state index in [1.807, 2.05) is 37.3 Å². The average molecular weight is 596 g/mol. The van der Waals surface area contributed by atoms with Gasteiger partial charge in [0.15, 0.2) is 11.0 Å². The fourth-order valence-corrected chi connectivity index (χ4v) is 7.79. The number of amides is 2. The highest BCUT2D eigenvalue weighted by Gasteiger charge is 2.30. The number of benzene rings is 1. The molecule has 1 unspecified atom stereocenters. The lowest BCUT2D eigenvalue weighted by Crippen LogP contribution is -2.28. The van der Waals surface area contributed by atoms with Crippen LogP contribution in [0.2, 0.25) is 0 Å². The van der Waals surface area contributed by atoms with E-state index in [2.05, 4.69) is 25.4 Å². The number of ether oxygens (including phenoxy) is 1. The summed E-state index contributed by atoms with van der Waals surface area (Å²) in [6, 6.07) is 9.88. The van der Waals surface area contributed by atoms with Gasteiger partial charge in [0.05, 0.1) is 30.4 Å². The first-order chi connectivity index (χ1) is 19.9. The lowest BCUT2D eigenvalue weighted by Gasteiger charge is -2.26. The molecule has 0 aliphatic heterocycles. The smallest absolute Gasteiger partial charge is 0.341 e. The molecule has 0 spiro atoms. The van der Waals surface area contributed by atoms with E-state index in [4.69, 9.17) is 4.74 Å². The van der Waals surface area contributed by atoms with Crippen LogP contribution in [0.15, 0.2) is 35.5 Å². The van der Waals surface area contributed by atoms with Crippen LogP contribution in [-0.4, -0.2) is 44.4 Å². The first-order valence-corrected chi connectivity index (χ1v) is 16.2. The maximum atomic E-state index is 13.4. The zero-order chi connectivity index (χ0) is 28.8. The number of nitrogens with zero attached hydrogens (tertiary/aromatic N) is 3. The molecule has 11 heteroatoms. The van der Waals surface area contributed by atoms with Gasteiger partial charge in [0.25, 0.3) is 0 Å². The summed E-state index contributed by atoms with van der Waals surface area (Å²) < 4.78 is 7.43. The fraction of sp³-hybridized carbons (Fsp3) is 0.500. The Morgan fingerprint density at radius 1 is 1.10 bits per heavy atom. The van der Waals surface area contributed by atoms with Crippen molar-refractivity contribution in [2.75, 3.05) is 11.9 Å². The van der Waals surface area contributed by atoms with Crippen molar-refractivity contribution in [3.05, 3.63) is 57.7 Å². The minimum atomic E-state index is -0.478. The molecule has 0 saturated heterocycles. The average Bonchev–Trinajstić information content (AvgIpc) is 3.68. The van der Waals surface area contributed by atoms with Crippen LogP contribution in [0, 0.1) is 0 Å². The van der Waals surface area contributed by atoms with Crippen molar-refractivity contribution in [2.45, 2.75) is 94.6 Å². The largest absolute Gasteiger partial charge is 0.462 e. The predicted octanol–water partition coefficient (Wildman–Crippen LogP) is 5.49. The van der Waals surface area contributed by atoms with E-state index in [0.29, 0.717) is 28.0 Å². The number of hydrogen-bond donors (Lipinski definition) is 2. The summed E-state index contributed by atoms with van der Waals surface area (Å²) in [6.45, 7) is 4.19. The first-order valence-electron chi connectivity index (χ1n) is 14.5. The Morgan fingerprint density at radius 3 is 2.63 bits per heavy atom. The summed E-state index contributed by atoms with van der Waals surface area (Å²) >= 11 is 2.84. The van der Waals surface area contributed by atoms with E-state index in [1.165, 1.54) is 29.5 Å². The highest BCUT2D eigenvalue weighted by Crippen LogP contribution is 2.40. The maximum absolute atomic E-state index is 13.4. The Bertz CT molecular complexity index is 1380. The molecule has 0 bridgehead atoms. The number of thioether (sulfide) groups is 1. The van der Waals surface area contributed by atoms with Crippen molar-refractivity contribution < 1.29 is 19.1 Å². The Balaban J connectivity index is 1.29. The molecule has 2 amide bonds. The predicted molar refractivity (Wildman–Crippen MR) is 160 cm³/mol. The molecular weight excluding hydrogens is 558 g/mol. The summed E-state index contributed by atoms with van der Waals surface area (Å²) in [4.78, 5) is 39.9. The van der Waals surface area contributed by atoms with Gasteiger partial charge >= 0.3 is 5.97 Å². The molecule has 3 aromatic rings. The van der Waals surface area contributed by atoms with Gasteiger partial charge < -0.3 is 19.9 Å². The molecule has 2 aliphatic carbocycles. The molecule has 1 saturated carbocycles. The SMILES string of the molecule is CCOC(=O)c1c(NC(=O)C(C)Sc2nnc(CNC(=O)Cc3ccccc3)n2C2CCCCC2)sc2c1CCC2. The number of thiophene rings is 1. The van der Waals surface area contributed by atoms with Gasteiger partial charge in [-0.15, -0.1) is 21.5 Å². The molecule has 2 aromatic heterocycles. The van der Waals surface area contributed by atoms with Crippen molar-refractivity contribution in [3.8, 4) is 0 Å². The number of aryl methyl sites for hydroxylation is 1. The Hall–Kier alpha value is -3.18. The second-order valence-electron chi connectivity index (χ2n) is 10.5. The van der Waals surface area contributed by atoms with Crippen LogP contribution in [0.5, 0.6) is 0 Å². The van der Waals surface area contributed by atoms with Crippen LogP contribution in [0.3, 0.4) is 0 Å². The third-order valence-electron chi connectivity index (χ3n) is 7.62. The van der Waals surface area contributed by atoms with E-state index in [-0.39, 0.29) is 37.0 Å². The summed E-state index contributed by atoms with van der Waals surface area (Å²) in [6.07, 6.45) is 8.55. The number of nitrogens with one attached hydrogen (secondary N) is 2. The molecule has 1 atom stereocenters. The van der Waals surface area contributed by atoms with Crippen LogP contribution < -0.4 is 10.6 Å². The normalized spacial score (nSPS) is 15.8. The number of carbonyl (C=O) groups is 3. The zero-order valence-corrected chi connectivity index (χ0v) is 25.2. The molecule has 2 aliphatic rings. The van der Waals surface area contributed by atoms with Crippen LogP contribution in [-0.2, 0) is 40.1 Å². The molecule has 5 rings (SSSR count). The van der Waals surface area contributed by atoms with Gasteiger partial charge in [-0.2, -0.15) is 0 Å². The summed E-state index contributed by atoms with van der Waals surface area (Å²) in [5.74, 6) is 0.0548. The van der Waals surface area contributed by atoms with Crippen molar-refractivity contribution in [1.82, 2.24) is 20.1 Å². The first kappa shape index (κ1) is 29.3. The van der Waals surface area contributed by atoms with E-state index < -0.39 is 5.25 Å². The van der Waals surface area contributed by atoms with Crippen LogP contribution in [0.1, 0.15) is 90.6 Å². The van der Waals surface area contributed by atoms with Gasteiger partial charge in [-0.3, -0.25) is 9.59 Å². The van der Waals surface area contributed by atoms with Crippen LogP contribution in [0.4, 0.5) is 5.00 Å². The molecule has 41 heavy (non-hydrogen) atoms. The highest BCUT2D eigenvalue weighted by molar-refractivity contribution is 8.00. The number of fused-ring (bicyclic) bond motifs is 1. The van der Waals surface area contributed by atoms with E-state index in [9.17, 15) is 14.4 Å². The third kappa shape index (κ3) is 7.01. The Kier molecular flexibility index (Phi) is 9.76. The monoisotopic (exact) mass is 595 g/mol. The third-order valence-corrected chi connectivity index (χ3v) is 9.88. The molecule has 9 nitrogen and oxygen atoms in total. The zero-order valence-electron chi connectivity index (χ0n) is 23.6. The quantitative estimate of drug-likeness (QED) is 0.223. The molecule has 0 radical (unpaired) electrons. The number of hydrogen-bond acceptors (Lipinski definition) is 8. The number of anilines is 1. The summed E-state index contributed by atoms with van der Waals surface area (Å²) in [7, 11) is 0. The van der Waals surface area contributed by atoms with Gasteiger partial charge in [0.1, 0.15) is 5.00 Å². The lowest BCUT2D eigenvalue weighted by atomic mass is 9.95. The molecule has 2 N–H and O–H groups in total. The Labute approximate surface area is 248 Å². The molecule has 2 heterocycles. The van der Waals surface area contributed by atoms with E-state index in [0.717, 1.165) is 60.9 Å². The van der Waals surface area contributed by atoms with Gasteiger partial charge in [-0.25, -0.2) is 4.79 Å². The summed E-state index contributed by atoms with van der Waals surface area (Å²) in [5, 5.41) is 15.7. The second kappa shape index (κ2) is 13.7. The topological polar surface area (TPSA) is 115 Å². The van der Waals surface area contributed by atoms with Gasteiger partial charge in [-0.05, 0) is 57.1 Å². The number of carbonyl (C=O) groups excluding carboxylic acids is 3. The van der Waals surface area contributed by atoms with Crippen LogP contribution >= 0.6 is 23.1 Å². The number of aromatic nitrogens is 3. The Morgan fingerprint density at radius 2 is 1.88 bits per heavy atom. The summed E-state index contributed by atoms with van der Waals surface area (Å²) in [5.41, 5.74) is 2.48. The maximum Gasteiger partial charge on any atom is 0.341 e. The fourth-order valence-electron chi connectivity index (χ4n) is 5.57. The van der Waals surface area contributed by atoms with Gasteiger partial charge in [0, 0.05) is 10.9 Å². The molecular formula is C30H37N5O4S2. The molecule has 1 fully saturated rings. The standard InChI is InChI=1S/C30H37N5O4S2/c1-3-39-29(38)26-22-15-10-16-23(22)41-28(26)32-27(37)19(2)40-30-34-33-24(35(30)21-13-8-5-9-14-21)18-31-25(36)17-20-11-6-4-7-12-20/h4,6-7,11-12,19,21H,3,5,8-10,13-18H2,1-2H3,(H,31,36)(H,32,37). The number of esters is 1. The van der Waals surface area contributed by atoms with Crippen LogP contribution in [0.25, 0.3) is 0 Å². The van der Waals surface area contributed by atoms with Crippen molar-refractivity contribution >= 4 is 45.9 Å². The van der Waals surface area contributed by atoms with Crippen molar-refractivity contribution in [1.29, 1.82) is 0 Å². The minimum Gasteiger partial charge on any atom is -0.462 e. The van der Waals surface area contributed by atoms with Crippen molar-refractivity contribution in [3.63, 3.8) is 0 Å². The van der Waals surface area contributed by atoms with E-state index >= 15 is 0 Å². The lowest BCUT2D eigenvalue weighted by molar-refractivity contribution is -0.120. The highest BCUT2D eigenvalue weighted by atomic mass is 32.2. The van der Waals surface area contributed by atoms with Gasteiger partial charge in [0.2, 0.25) is 11.8 Å². The van der Waals surface area contributed by atoms with Gasteiger partial charge in [-0.1, -0.05) is 61.4 Å². The molecule has 218 valence electrons.